The Morgan fingerprint density at radius 3 is 2.29 bits per heavy atom. The number of primary amides is 1. The molecule has 0 fully saturated rings. The van der Waals surface area contributed by atoms with Crippen LogP contribution in [0.1, 0.15) is 22.8 Å². The molecule has 0 aliphatic heterocycles. The minimum Gasteiger partial charge on any atom is -0.496 e. The molecule has 0 aliphatic carbocycles. The number of alkyl halides is 3. The van der Waals surface area contributed by atoms with Crippen LogP contribution in [-0.2, 0) is 22.2 Å². The predicted molar refractivity (Wildman–Crippen MR) is 94.2 cm³/mol. The number of nitrogens with one attached hydrogen (secondary N) is 1. The molecular weight excluding hydrogens is 377 g/mol. The molecule has 0 saturated heterocycles. The third kappa shape index (κ3) is 5.23. The van der Waals surface area contributed by atoms with Crippen LogP contribution in [0.2, 0.25) is 0 Å². The number of carbonyl (C=O) groups excluding carboxylic acids is 2. The second kappa shape index (κ2) is 8.75. The number of rotatable bonds is 7. The van der Waals surface area contributed by atoms with Crippen LogP contribution in [0.15, 0.2) is 48.5 Å². The van der Waals surface area contributed by atoms with Gasteiger partial charge in [0.2, 0.25) is 5.91 Å². The highest BCUT2D eigenvalue weighted by Crippen LogP contribution is 2.30. The van der Waals surface area contributed by atoms with Crippen LogP contribution in [-0.4, -0.2) is 30.1 Å². The molecule has 2 rings (SSSR count). The smallest absolute Gasteiger partial charge is 0.416 e. The van der Waals surface area contributed by atoms with Gasteiger partial charge in [0.15, 0.2) is 6.10 Å². The fourth-order valence-corrected chi connectivity index (χ4v) is 2.57. The maximum atomic E-state index is 12.6. The monoisotopic (exact) mass is 396 g/mol. The lowest BCUT2D eigenvalue weighted by molar-refractivity contribution is -0.137. The number of carbonyl (C=O) groups is 2. The van der Waals surface area contributed by atoms with Gasteiger partial charge in [0.25, 0.3) is 5.91 Å². The van der Waals surface area contributed by atoms with E-state index in [2.05, 4.69) is 5.32 Å². The van der Waals surface area contributed by atoms with E-state index in [9.17, 15) is 27.9 Å². The van der Waals surface area contributed by atoms with E-state index in [1.807, 2.05) is 0 Å². The normalized spacial score (nSPS) is 13.5. The van der Waals surface area contributed by atoms with Gasteiger partial charge in [0.1, 0.15) is 11.8 Å². The number of ether oxygens (including phenoxy) is 1. The Morgan fingerprint density at radius 1 is 1.14 bits per heavy atom. The molecule has 0 saturated carbocycles. The molecule has 0 heterocycles. The van der Waals surface area contributed by atoms with Crippen molar-refractivity contribution in [2.45, 2.75) is 24.7 Å². The molecule has 0 bridgehead atoms. The standard InChI is InChI=1S/C19H19F3N2O4/c1-28-15-5-3-2-4-12(15)10-14(17(23)26)24-18(27)16(25)11-6-8-13(9-7-11)19(20,21)22/h2-9,14,16,25H,10H2,1H3,(H2,23,26)(H,24,27)/t14-,16-/m1/s1. The summed E-state index contributed by atoms with van der Waals surface area (Å²) >= 11 is 0. The first-order chi connectivity index (χ1) is 13.1. The molecule has 150 valence electrons. The van der Waals surface area contributed by atoms with Gasteiger partial charge in [-0.3, -0.25) is 9.59 Å². The summed E-state index contributed by atoms with van der Waals surface area (Å²) in [6, 6.07) is 9.16. The molecule has 28 heavy (non-hydrogen) atoms. The fraction of sp³-hybridized carbons (Fsp3) is 0.263. The van der Waals surface area contributed by atoms with Gasteiger partial charge in [0.05, 0.1) is 12.7 Å². The van der Waals surface area contributed by atoms with Crippen molar-refractivity contribution < 1.29 is 32.6 Å². The van der Waals surface area contributed by atoms with Crippen LogP contribution in [0.3, 0.4) is 0 Å². The Kier molecular flexibility index (Phi) is 6.63. The topological polar surface area (TPSA) is 102 Å². The number of nitrogens with two attached hydrogens (primary N) is 1. The molecule has 0 spiro atoms. The molecular formula is C19H19F3N2O4. The molecule has 4 N–H and O–H groups in total. The number of amides is 2. The zero-order valence-electron chi connectivity index (χ0n) is 14.9. The van der Waals surface area contributed by atoms with Gasteiger partial charge in [-0.1, -0.05) is 30.3 Å². The minimum absolute atomic E-state index is 0.0187. The Balaban J connectivity index is 2.12. The molecule has 0 radical (unpaired) electrons. The Bertz CT molecular complexity index is 838. The van der Waals surface area contributed by atoms with Gasteiger partial charge in [0, 0.05) is 6.42 Å². The summed E-state index contributed by atoms with van der Waals surface area (Å²) in [6.07, 6.45) is -6.27. The SMILES string of the molecule is COc1ccccc1C[C@@H](NC(=O)[C@H](O)c1ccc(C(F)(F)F)cc1)C(N)=O. The highest BCUT2D eigenvalue weighted by atomic mass is 19.4. The summed E-state index contributed by atoms with van der Waals surface area (Å²) in [7, 11) is 1.45. The number of methoxy groups -OCH3 is 1. The number of hydrogen-bond donors (Lipinski definition) is 3. The molecule has 9 heteroatoms. The van der Waals surface area contributed by atoms with E-state index in [-0.39, 0.29) is 12.0 Å². The lowest BCUT2D eigenvalue weighted by Gasteiger charge is -2.19. The first kappa shape index (κ1) is 21.2. The van der Waals surface area contributed by atoms with Gasteiger partial charge >= 0.3 is 6.18 Å². The van der Waals surface area contributed by atoms with E-state index >= 15 is 0 Å². The third-order valence-electron chi connectivity index (χ3n) is 4.08. The highest BCUT2D eigenvalue weighted by Gasteiger charge is 2.31. The summed E-state index contributed by atoms with van der Waals surface area (Å²) in [4.78, 5) is 24.0. The Morgan fingerprint density at radius 2 is 1.75 bits per heavy atom. The van der Waals surface area contributed by atoms with Crippen molar-refractivity contribution in [3.05, 3.63) is 65.2 Å². The first-order valence-corrected chi connectivity index (χ1v) is 8.20. The molecule has 6 nitrogen and oxygen atoms in total. The number of aliphatic hydroxyl groups excluding tert-OH is 1. The number of benzene rings is 2. The van der Waals surface area contributed by atoms with Gasteiger partial charge in [-0.15, -0.1) is 0 Å². The van der Waals surface area contributed by atoms with E-state index in [1.54, 1.807) is 24.3 Å². The largest absolute Gasteiger partial charge is 0.496 e. The highest BCUT2D eigenvalue weighted by molar-refractivity contribution is 5.89. The number of hydrogen-bond acceptors (Lipinski definition) is 4. The average molecular weight is 396 g/mol. The van der Waals surface area contributed by atoms with Gasteiger partial charge in [-0.05, 0) is 29.3 Å². The van der Waals surface area contributed by atoms with Gasteiger partial charge in [-0.2, -0.15) is 13.2 Å². The molecule has 2 atom stereocenters. The van der Waals surface area contributed by atoms with Crippen molar-refractivity contribution in [3.63, 3.8) is 0 Å². The molecule has 2 amide bonds. The summed E-state index contributed by atoms with van der Waals surface area (Å²) < 4.78 is 43.0. The van der Waals surface area contributed by atoms with Crippen molar-refractivity contribution >= 4 is 11.8 Å². The van der Waals surface area contributed by atoms with Gasteiger partial charge in [-0.25, -0.2) is 0 Å². The second-order valence-corrected chi connectivity index (χ2v) is 6.00. The second-order valence-electron chi connectivity index (χ2n) is 6.00. The summed E-state index contributed by atoms with van der Waals surface area (Å²) in [5.41, 5.74) is 4.98. The van der Waals surface area contributed by atoms with E-state index in [4.69, 9.17) is 10.5 Å². The average Bonchev–Trinajstić information content (AvgIpc) is 2.66. The van der Waals surface area contributed by atoms with Crippen molar-refractivity contribution in [2.75, 3.05) is 7.11 Å². The van der Waals surface area contributed by atoms with Crippen LogP contribution in [0, 0.1) is 0 Å². The van der Waals surface area contributed by atoms with Crippen LogP contribution < -0.4 is 15.8 Å². The molecule has 0 aliphatic rings. The quantitative estimate of drug-likeness (QED) is 0.666. The zero-order valence-corrected chi connectivity index (χ0v) is 14.9. The van der Waals surface area contributed by atoms with Crippen LogP contribution in [0.25, 0.3) is 0 Å². The lowest BCUT2D eigenvalue weighted by Crippen LogP contribution is -2.47. The predicted octanol–water partition coefficient (Wildman–Crippen LogP) is 1.96. The van der Waals surface area contributed by atoms with Crippen molar-refractivity contribution in [3.8, 4) is 5.75 Å². The fourth-order valence-electron chi connectivity index (χ4n) is 2.57. The maximum absolute atomic E-state index is 12.6. The van der Waals surface area contributed by atoms with Crippen LogP contribution >= 0.6 is 0 Å². The lowest BCUT2D eigenvalue weighted by atomic mass is 10.0. The summed E-state index contributed by atoms with van der Waals surface area (Å²) in [5, 5.41) is 12.4. The third-order valence-corrected chi connectivity index (χ3v) is 4.08. The van der Waals surface area contributed by atoms with Crippen molar-refractivity contribution in [1.29, 1.82) is 0 Å². The summed E-state index contributed by atoms with van der Waals surface area (Å²) in [5.74, 6) is -1.30. The molecule has 0 aromatic heterocycles. The molecule has 2 aromatic carbocycles. The summed E-state index contributed by atoms with van der Waals surface area (Å²) in [6.45, 7) is 0. The first-order valence-electron chi connectivity index (χ1n) is 8.20. The molecule has 2 aromatic rings. The minimum atomic E-state index is -4.53. The number of aliphatic hydroxyl groups is 1. The zero-order chi connectivity index (χ0) is 20.9. The molecule has 0 unspecified atom stereocenters. The van der Waals surface area contributed by atoms with E-state index in [0.29, 0.717) is 11.3 Å². The van der Waals surface area contributed by atoms with Crippen molar-refractivity contribution in [1.82, 2.24) is 5.32 Å². The van der Waals surface area contributed by atoms with E-state index < -0.39 is 35.7 Å². The number of para-hydroxylation sites is 1. The van der Waals surface area contributed by atoms with Crippen molar-refractivity contribution in [2.24, 2.45) is 5.73 Å². The van der Waals surface area contributed by atoms with Crippen LogP contribution in [0.4, 0.5) is 13.2 Å². The van der Waals surface area contributed by atoms with E-state index in [0.717, 1.165) is 24.3 Å². The van der Waals surface area contributed by atoms with E-state index in [1.165, 1.54) is 7.11 Å². The maximum Gasteiger partial charge on any atom is 0.416 e. The van der Waals surface area contributed by atoms with Gasteiger partial charge < -0.3 is 20.9 Å². The Hall–Kier alpha value is -3.07. The number of halogens is 3. The Labute approximate surface area is 159 Å². The van der Waals surface area contributed by atoms with Crippen LogP contribution in [0.5, 0.6) is 5.75 Å².